The molecule has 0 bridgehead atoms. The molecule has 1 aromatic rings. The smallest absolute Gasteiger partial charge is 0.261 e. The largest absolute Gasteiger partial charge is 0.382 e. The minimum Gasteiger partial charge on any atom is -0.382 e. The molecule has 1 aromatic heterocycles. The molecule has 1 unspecified atom stereocenters. The summed E-state index contributed by atoms with van der Waals surface area (Å²) in [7, 11) is 0. The first-order valence-electron chi connectivity index (χ1n) is 5.15. The lowest BCUT2D eigenvalue weighted by atomic mass is 10.2. The average Bonchev–Trinajstić information content (AvgIpc) is 2.88. The normalized spacial score (nSPS) is 18.9. The number of nitrogens with two attached hydrogens (primary N) is 1. The summed E-state index contributed by atoms with van der Waals surface area (Å²) in [6.07, 6.45) is -0.235. The highest BCUT2D eigenvalue weighted by atomic mass is 32.1. The monoisotopic (exact) mass is 255 g/mol. The van der Waals surface area contributed by atoms with Crippen molar-refractivity contribution in [2.24, 2.45) is 10.9 Å². The molecule has 0 fully saturated rings. The molecule has 2 rings (SSSR count). The molecule has 0 saturated carbocycles. The Kier molecular flexibility index (Phi) is 3.70. The number of ether oxygens (including phenoxy) is 1. The number of nitrogens with zero attached hydrogens (tertiary/aromatic N) is 2. The molecule has 0 saturated heterocycles. The summed E-state index contributed by atoms with van der Waals surface area (Å²) in [5.41, 5.74) is 6.69. The number of oxime groups is 1. The fraction of sp³-hybridized carbons (Fsp3) is 0.500. The Hall–Kier alpha value is -1.47. The first-order valence-corrected chi connectivity index (χ1v) is 6.02. The number of aryl methyl sites for hydroxylation is 1. The molecule has 7 heteroatoms. The highest BCUT2D eigenvalue weighted by Gasteiger charge is 2.25. The molecular formula is C10H13N3O3S. The number of aromatic nitrogens is 1. The van der Waals surface area contributed by atoms with E-state index in [9.17, 15) is 4.79 Å². The Morgan fingerprint density at radius 2 is 2.53 bits per heavy atom. The molecule has 1 atom stereocenters. The van der Waals surface area contributed by atoms with E-state index in [1.807, 2.05) is 12.3 Å². The first kappa shape index (κ1) is 12.0. The van der Waals surface area contributed by atoms with E-state index in [4.69, 9.17) is 15.3 Å². The van der Waals surface area contributed by atoms with Crippen LogP contribution in [0.15, 0.2) is 10.5 Å². The predicted octanol–water partition coefficient (Wildman–Crippen LogP) is 0.598. The summed E-state index contributed by atoms with van der Waals surface area (Å²) in [4.78, 5) is 19.9. The quantitative estimate of drug-likeness (QED) is 0.834. The zero-order chi connectivity index (χ0) is 12.3. The lowest BCUT2D eigenvalue weighted by Crippen LogP contribution is -2.28. The van der Waals surface area contributed by atoms with Gasteiger partial charge in [-0.2, -0.15) is 0 Å². The summed E-state index contributed by atoms with van der Waals surface area (Å²) in [5, 5.41) is 6.71. The number of amides is 1. The fourth-order valence-electron chi connectivity index (χ4n) is 1.41. The second-order valence-electron chi connectivity index (χ2n) is 3.71. The first-order chi connectivity index (χ1) is 8.15. The molecule has 0 aliphatic carbocycles. The molecule has 1 aliphatic heterocycles. The van der Waals surface area contributed by atoms with Gasteiger partial charge >= 0.3 is 0 Å². The van der Waals surface area contributed by atoms with Gasteiger partial charge in [0.25, 0.3) is 5.91 Å². The van der Waals surface area contributed by atoms with Gasteiger partial charge in [0, 0.05) is 11.8 Å². The number of hydrogen-bond acceptors (Lipinski definition) is 6. The Labute approximate surface area is 102 Å². The summed E-state index contributed by atoms with van der Waals surface area (Å²) in [5.74, 6) is -0.501. The van der Waals surface area contributed by atoms with Gasteiger partial charge in [0.1, 0.15) is 0 Å². The summed E-state index contributed by atoms with van der Waals surface area (Å²) >= 11 is 1.58. The summed E-state index contributed by atoms with van der Waals surface area (Å²) < 4.78 is 5.43. The van der Waals surface area contributed by atoms with Crippen LogP contribution in [0.2, 0.25) is 0 Å². The molecule has 6 nitrogen and oxygen atoms in total. The highest BCUT2D eigenvalue weighted by Crippen LogP contribution is 2.12. The number of carbonyl (C=O) groups is 1. The standard InChI is InChI=1S/C10H13N3O3S/c1-6-12-8(5-17-6)4-15-3-7-2-9(10(11)14)16-13-7/h5,9H,2-4H2,1H3,(H2,11,14). The van der Waals surface area contributed by atoms with Gasteiger partial charge in [-0.25, -0.2) is 4.98 Å². The third-order valence-electron chi connectivity index (χ3n) is 2.23. The molecular weight excluding hydrogens is 242 g/mol. The maximum absolute atomic E-state index is 10.8. The third-order valence-corrected chi connectivity index (χ3v) is 3.05. The van der Waals surface area contributed by atoms with Gasteiger partial charge in [0.2, 0.25) is 6.10 Å². The maximum Gasteiger partial charge on any atom is 0.261 e. The topological polar surface area (TPSA) is 86.8 Å². The lowest BCUT2D eigenvalue weighted by Gasteiger charge is -2.01. The second kappa shape index (κ2) is 5.24. The van der Waals surface area contributed by atoms with Gasteiger partial charge in [-0.3, -0.25) is 4.79 Å². The Morgan fingerprint density at radius 3 is 3.12 bits per heavy atom. The van der Waals surface area contributed by atoms with Gasteiger partial charge in [0.15, 0.2) is 0 Å². The van der Waals surface area contributed by atoms with Crippen LogP contribution in [0.5, 0.6) is 0 Å². The predicted molar refractivity (Wildman–Crippen MR) is 62.6 cm³/mol. The van der Waals surface area contributed by atoms with Crippen molar-refractivity contribution in [1.29, 1.82) is 0 Å². The van der Waals surface area contributed by atoms with Gasteiger partial charge in [-0.15, -0.1) is 11.3 Å². The summed E-state index contributed by atoms with van der Waals surface area (Å²) in [6, 6.07) is 0. The summed E-state index contributed by atoms with van der Waals surface area (Å²) in [6.45, 7) is 2.71. The van der Waals surface area contributed by atoms with Crippen molar-refractivity contribution >= 4 is 23.0 Å². The number of carbonyl (C=O) groups excluding carboxylic acids is 1. The zero-order valence-corrected chi connectivity index (χ0v) is 10.2. The van der Waals surface area contributed by atoms with Crippen LogP contribution < -0.4 is 5.73 Å². The van der Waals surface area contributed by atoms with Gasteiger partial charge in [-0.05, 0) is 6.92 Å². The number of rotatable bonds is 5. The van der Waals surface area contributed by atoms with E-state index in [0.29, 0.717) is 25.3 Å². The Balaban J connectivity index is 1.71. The zero-order valence-electron chi connectivity index (χ0n) is 9.38. The van der Waals surface area contributed by atoms with E-state index in [1.54, 1.807) is 11.3 Å². The van der Waals surface area contributed by atoms with E-state index in [0.717, 1.165) is 10.7 Å². The highest BCUT2D eigenvalue weighted by molar-refractivity contribution is 7.09. The number of hydrogen-bond donors (Lipinski definition) is 1. The van der Waals surface area contributed by atoms with Crippen molar-refractivity contribution in [1.82, 2.24) is 4.98 Å². The van der Waals surface area contributed by atoms with E-state index in [2.05, 4.69) is 10.1 Å². The van der Waals surface area contributed by atoms with Crippen LogP contribution in [-0.4, -0.2) is 29.3 Å². The van der Waals surface area contributed by atoms with Crippen LogP contribution in [0.25, 0.3) is 0 Å². The van der Waals surface area contributed by atoms with Gasteiger partial charge in [-0.1, -0.05) is 5.16 Å². The van der Waals surface area contributed by atoms with E-state index >= 15 is 0 Å². The minimum atomic E-state index is -0.643. The fourth-order valence-corrected chi connectivity index (χ4v) is 2.01. The van der Waals surface area contributed by atoms with Crippen LogP contribution in [-0.2, 0) is 21.0 Å². The Bertz CT molecular complexity index is 444. The van der Waals surface area contributed by atoms with Crippen molar-refractivity contribution in [2.75, 3.05) is 6.61 Å². The van der Waals surface area contributed by atoms with E-state index < -0.39 is 12.0 Å². The molecule has 17 heavy (non-hydrogen) atoms. The van der Waals surface area contributed by atoms with Gasteiger partial charge in [0.05, 0.1) is 29.6 Å². The van der Waals surface area contributed by atoms with Crippen molar-refractivity contribution in [3.05, 3.63) is 16.1 Å². The van der Waals surface area contributed by atoms with Crippen molar-refractivity contribution in [3.8, 4) is 0 Å². The molecule has 0 aromatic carbocycles. The molecule has 2 heterocycles. The van der Waals surface area contributed by atoms with Crippen molar-refractivity contribution in [3.63, 3.8) is 0 Å². The van der Waals surface area contributed by atoms with Crippen LogP contribution in [0.4, 0.5) is 0 Å². The molecule has 1 amide bonds. The van der Waals surface area contributed by atoms with Crippen LogP contribution in [0, 0.1) is 6.92 Å². The number of primary amides is 1. The molecule has 0 spiro atoms. The second-order valence-corrected chi connectivity index (χ2v) is 4.77. The maximum atomic E-state index is 10.8. The van der Waals surface area contributed by atoms with Crippen LogP contribution >= 0.6 is 11.3 Å². The molecule has 1 aliphatic rings. The van der Waals surface area contributed by atoms with Crippen LogP contribution in [0.3, 0.4) is 0 Å². The number of thiazole rings is 1. The van der Waals surface area contributed by atoms with E-state index in [-0.39, 0.29) is 0 Å². The molecule has 92 valence electrons. The van der Waals surface area contributed by atoms with Crippen LogP contribution in [0.1, 0.15) is 17.1 Å². The SMILES string of the molecule is Cc1nc(COCC2=NOC(C(N)=O)C2)cs1. The third kappa shape index (κ3) is 3.24. The van der Waals surface area contributed by atoms with Gasteiger partial charge < -0.3 is 15.3 Å². The average molecular weight is 255 g/mol. The molecule has 2 N–H and O–H groups in total. The van der Waals surface area contributed by atoms with Crippen molar-refractivity contribution < 1.29 is 14.4 Å². The van der Waals surface area contributed by atoms with E-state index in [1.165, 1.54) is 0 Å². The lowest BCUT2D eigenvalue weighted by molar-refractivity contribution is -0.127. The Morgan fingerprint density at radius 1 is 1.71 bits per heavy atom. The molecule has 0 radical (unpaired) electrons. The minimum absolute atomic E-state index is 0.334. The van der Waals surface area contributed by atoms with Crippen molar-refractivity contribution in [2.45, 2.75) is 26.1 Å².